The average Bonchev–Trinajstić information content (AvgIpc) is 3.20. The first kappa shape index (κ1) is 18.9. The van der Waals surface area contributed by atoms with E-state index in [4.69, 9.17) is 0 Å². The molecule has 2 heteroatoms. The smallest absolute Gasteiger partial charge is 0.0954 e. The maximum atomic E-state index is 4.54. The van der Waals surface area contributed by atoms with Crippen molar-refractivity contribution in [3.05, 3.63) is 131 Å². The van der Waals surface area contributed by atoms with Gasteiger partial charge in [0.2, 0.25) is 0 Å². The van der Waals surface area contributed by atoms with Gasteiger partial charge in [0, 0.05) is 12.5 Å². The first-order valence-electron chi connectivity index (χ1n) is 9.98. The van der Waals surface area contributed by atoms with E-state index in [0.29, 0.717) is 0 Å². The summed E-state index contributed by atoms with van der Waals surface area (Å²) in [6.45, 7) is 9.56. The molecule has 0 atom stereocenters. The van der Waals surface area contributed by atoms with Gasteiger partial charge in [-0.15, -0.1) is 0 Å². The molecular weight excluding hydrogens is 352 g/mol. The Morgan fingerprint density at radius 2 is 1.38 bits per heavy atom. The Hall–Kier alpha value is -3.39. The lowest BCUT2D eigenvalue weighted by atomic mass is 9.83. The molecule has 0 unspecified atom stereocenters. The molecule has 2 nitrogen and oxygen atoms in total. The summed E-state index contributed by atoms with van der Waals surface area (Å²) in [4.78, 5) is 4.44. The van der Waals surface area contributed by atoms with Gasteiger partial charge in [-0.2, -0.15) is 0 Å². The molecule has 3 aromatic carbocycles. The molecule has 0 N–H and O–H groups in total. The Bertz CT molecular complexity index is 1040. The van der Waals surface area contributed by atoms with Gasteiger partial charge in [0.1, 0.15) is 0 Å². The molecule has 0 aliphatic rings. The van der Waals surface area contributed by atoms with Gasteiger partial charge in [0.25, 0.3) is 0 Å². The lowest BCUT2D eigenvalue weighted by molar-refractivity contribution is 0.780. The molecule has 0 radical (unpaired) electrons. The minimum Gasteiger partial charge on any atom is -0.326 e. The third-order valence-electron chi connectivity index (χ3n) is 5.41. The van der Waals surface area contributed by atoms with Crippen LogP contribution in [0.3, 0.4) is 0 Å². The largest absolute Gasteiger partial charge is 0.326 e. The van der Waals surface area contributed by atoms with E-state index in [1.54, 1.807) is 0 Å². The molecule has 0 aliphatic heterocycles. The minimum atomic E-state index is 0.0856. The van der Waals surface area contributed by atoms with Gasteiger partial charge in [-0.1, -0.05) is 96.6 Å². The van der Waals surface area contributed by atoms with E-state index in [2.05, 4.69) is 103 Å². The van der Waals surface area contributed by atoms with Gasteiger partial charge in [-0.05, 0) is 36.1 Å². The van der Waals surface area contributed by atoms with Crippen molar-refractivity contribution in [2.24, 2.45) is 0 Å². The molecule has 4 aromatic rings. The fourth-order valence-corrected chi connectivity index (χ4v) is 3.75. The molecule has 0 fully saturated rings. The van der Waals surface area contributed by atoms with Gasteiger partial charge in [0.05, 0.1) is 18.2 Å². The highest BCUT2D eigenvalue weighted by atomic mass is 15.0. The molecule has 0 aliphatic carbocycles. The molecule has 0 saturated heterocycles. The van der Waals surface area contributed by atoms with Crippen molar-refractivity contribution in [1.82, 2.24) is 9.55 Å². The van der Waals surface area contributed by atoms with Crippen LogP contribution in [0.1, 0.15) is 39.4 Å². The summed E-state index contributed by atoms with van der Waals surface area (Å²) in [7, 11) is 0. The van der Waals surface area contributed by atoms with Crippen LogP contribution in [0.2, 0.25) is 0 Å². The van der Waals surface area contributed by atoms with Gasteiger partial charge < -0.3 is 4.57 Å². The number of hydrogen-bond acceptors (Lipinski definition) is 1. The van der Waals surface area contributed by atoms with E-state index >= 15 is 0 Å². The predicted molar refractivity (Wildman–Crippen MR) is 121 cm³/mol. The topological polar surface area (TPSA) is 17.8 Å². The van der Waals surface area contributed by atoms with Crippen LogP contribution < -0.4 is 0 Å². The van der Waals surface area contributed by atoms with Crippen molar-refractivity contribution >= 4 is 5.57 Å². The first-order chi connectivity index (χ1) is 14.1. The fraction of sp³-hybridized carbons (Fsp3) is 0.148. The molecule has 0 bridgehead atoms. The highest BCUT2D eigenvalue weighted by molar-refractivity contribution is 5.71. The summed E-state index contributed by atoms with van der Waals surface area (Å²) in [6.07, 6.45) is 3.83. The molecule has 1 heterocycles. The normalized spacial score (nSPS) is 11.0. The SMILES string of the molecule is C=C(c1cncn1Cc1ccccc1)C(c1ccc(C)cc1)c1ccc(C)cc1. The summed E-state index contributed by atoms with van der Waals surface area (Å²) in [5, 5.41) is 0. The van der Waals surface area contributed by atoms with Crippen LogP contribution in [0, 0.1) is 13.8 Å². The van der Waals surface area contributed by atoms with Crippen LogP contribution in [0.5, 0.6) is 0 Å². The van der Waals surface area contributed by atoms with Crippen molar-refractivity contribution in [2.75, 3.05) is 0 Å². The van der Waals surface area contributed by atoms with Gasteiger partial charge >= 0.3 is 0 Å². The van der Waals surface area contributed by atoms with Crippen LogP contribution in [0.25, 0.3) is 5.57 Å². The van der Waals surface area contributed by atoms with Crippen LogP contribution >= 0.6 is 0 Å². The maximum Gasteiger partial charge on any atom is 0.0954 e. The fourth-order valence-electron chi connectivity index (χ4n) is 3.75. The van der Waals surface area contributed by atoms with E-state index in [1.807, 2.05) is 18.6 Å². The van der Waals surface area contributed by atoms with Crippen LogP contribution in [-0.2, 0) is 6.54 Å². The minimum absolute atomic E-state index is 0.0856. The van der Waals surface area contributed by atoms with E-state index in [1.165, 1.54) is 27.8 Å². The number of aromatic nitrogens is 2. The molecule has 1 aromatic heterocycles. The Morgan fingerprint density at radius 3 is 1.93 bits per heavy atom. The number of imidazole rings is 1. The average molecular weight is 379 g/mol. The Labute approximate surface area is 173 Å². The molecule has 0 amide bonds. The van der Waals surface area contributed by atoms with E-state index in [9.17, 15) is 0 Å². The van der Waals surface area contributed by atoms with Crippen LogP contribution in [0.4, 0.5) is 0 Å². The van der Waals surface area contributed by atoms with Crippen molar-refractivity contribution in [1.29, 1.82) is 0 Å². The summed E-state index contributed by atoms with van der Waals surface area (Å²) in [5.74, 6) is 0.0856. The van der Waals surface area contributed by atoms with Crippen LogP contribution in [0.15, 0.2) is 98.0 Å². The summed E-state index contributed by atoms with van der Waals surface area (Å²) < 4.78 is 2.19. The first-order valence-corrected chi connectivity index (χ1v) is 9.98. The molecule has 0 saturated carbocycles. The molecule has 144 valence electrons. The number of rotatable bonds is 6. The third-order valence-corrected chi connectivity index (χ3v) is 5.41. The monoisotopic (exact) mass is 378 g/mol. The zero-order valence-corrected chi connectivity index (χ0v) is 17.0. The molecule has 4 rings (SSSR count). The second-order valence-corrected chi connectivity index (χ2v) is 7.67. The molecule has 29 heavy (non-hydrogen) atoms. The van der Waals surface area contributed by atoms with Crippen molar-refractivity contribution in [3.63, 3.8) is 0 Å². The second kappa shape index (κ2) is 8.32. The number of allylic oxidation sites excluding steroid dienone is 1. The zero-order chi connectivity index (χ0) is 20.2. The number of aryl methyl sites for hydroxylation is 2. The summed E-state index contributed by atoms with van der Waals surface area (Å²) >= 11 is 0. The maximum absolute atomic E-state index is 4.54. The molecular formula is C27H26N2. The standard InChI is InChI=1S/C27H26N2/c1-20-9-13-24(14-10-20)27(25-15-11-21(2)12-16-25)22(3)26-17-28-19-29(26)18-23-7-5-4-6-8-23/h4-17,19,27H,3,18H2,1-2H3. The quantitative estimate of drug-likeness (QED) is 0.380. The predicted octanol–water partition coefficient (Wildman–Crippen LogP) is 6.39. The summed E-state index contributed by atoms with van der Waals surface area (Å²) in [5.41, 5.74) is 8.40. The Balaban J connectivity index is 1.73. The highest BCUT2D eigenvalue weighted by Crippen LogP contribution is 2.37. The number of nitrogens with zero attached hydrogens (tertiary/aromatic N) is 2. The van der Waals surface area contributed by atoms with Gasteiger partial charge in [-0.3, -0.25) is 0 Å². The second-order valence-electron chi connectivity index (χ2n) is 7.67. The lowest BCUT2D eigenvalue weighted by Gasteiger charge is -2.22. The highest BCUT2D eigenvalue weighted by Gasteiger charge is 2.21. The van der Waals surface area contributed by atoms with Crippen LogP contribution in [-0.4, -0.2) is 9.55 Å². The number of hydrogen-bond donors (Lipinski definition) is 0. The zero-order valence-electron chi connectivity index (χ0n) is 17.0. The van der Waals surface area contributed by atoms with E-state index in [-0.39, 0.29) is 5.92 Å². The molecule has 0 spiro atoms. The third kappa shape index (κ3) is 4.22. The van der Waals surface area contributed by atoms with Crippen molar-refractivity contribution in [2.45, 2.75) is 26.3 Å². The van der Waals surface area contributed by atoms with Crippen molar-refractivity contribution in [3.8, 4) is 0 Å². The Morgan fingerprint density at radius 1 is 0.828 bits per heavy atom. The lowest BCUT2D eigenvalue weighted by Crippen LogP contribution is -2.09. The van der Waals surface area contributed by atoms with Gasteiger partial charge in [0.15, 0.2) is 0 Å². The van der Waals surface area contributed by atoms with E-state index in [0.717, 1.165) is 17.8 Å². The van der Waals surface area contributed by atoms with E-state index < -0.39 is 0 Å². The Kier molecular flexibility index (Phi) is 5.44. The van der Waals surface area contributed by atoms with Crippen molar-refractivity contribution < 1.29 is 0 Å². The summed E-state index contributed by atoms with van der Waals surface area (Å²) in [6, 6.07) is 28.0. The number of benzene rings is 3. The van der Waals surface area contributed by atoms with Gasteiger partial charge in [-0.25, -0.2) is 4.98 Å².